The van der Waals surface area contributed by atoms with Gasteiger partial charge in [-0.05, 0) is 30.7 Å². The second-order valence-electron chi connectivity index (χ2n) is 4.19. The zero-order chi connectivity index (χ0) is 14.0. The minimum absolute atomic E-state index is 0.0391. The van der Waals surface area contributed by atoms with E-state index in [0.717, 1.165) is 16.6 Å². The topological polar surface area (TPSA) is 99.6 Å². The molecule has 1 aromatic carbocycles. The summed E-state index contributed by atoms with van der Waals surface area (Å²) in [4.78, 5) is 24.9. The van der Waals surface area contributed by atoms with Crippen LogP contribution in [0.15, 0.2) is 18.2 Å². The van der Waals surface area contributed by atoms with E-state index in [-0.39, 0.29) is 12.2 Å². The van der Waals surface area contributed by atoms with Crippen LogP contribution in [-0.2, 0) is 20.7 Å². The number of phenols is 1. The lowest BCUT2D eigenvalue weighted by atomic mass is 10.1. The third-order valence-corrected chi connectivity index (χ3v) is 2.78. The Morgan fingerprint density at radius 3 is 2.79 bits per heavy atom. The number of hydrogen-bond donors (Lipinski definition) is 3. The molecule has 0 amide bonds. The molecule has 6 nitrogen and oxygen atoms in total. The van der Waals surface area contributed by atoms with Crippen molar-refractivity contribution in [3.63, 3.8) is 0 Å². The number of aromatic nitrogens is 1. The van der Waals surface area contributed by atoms with Gasteiger partial charge in [0.05, 0.1) is 6.42 Å². The number of H-pyrrole nitrogens is 1. The molecule has 3 N–H and O–H groups in total. The number of carbonyl (C=O) groups excluding carboxylic acids is 1. The summed E-state index contributed by atoms with van der Waals surface area (Å²) in [5, 5.41) is 18.6. The highest BCUT2D eigenvalue weighted by Crippen LogP contribution is 2.26. The molecule has 100 valence electrons. The minimum Gasteiger partial charge on any atom is -0.508 e. The summed E-state index contributed by atoms with van der Waals surface area (Å²) in [5.74, 6) is -1.71. The largest absolute Gasteiger partial charge is 0.508 e. The van der Waals surface area contributed by atoms with Gasteiger partial charge in [0.15, 0.2) is 6.61 Å². The number of nitrogens with one attached hydrogen (secondary N) is 1. The fourth-order valence-corrected chi connectivity index (χ4v) is 1.94. The van der Waals surface area contributed by atoms with Crippen molar-refractivity contribution in [2.75, 3.05) is 6.61 Å². The number of carbonyl (C=O) groups is 2. The molecular weight excluding hydrogens is 250 g/mol. The van der Waals surface area contributed by atoms with Crippen molar-refractivity contribution in [1.82, 2.24) is 4.98 Å². The Labute approximate surface area is 108 Å². The summed E-state index contributed by atoms with van der Waals surface area (Å²) in [6.45, 7) is 1.16. The number of aliphatic carboxylic acids is 1. The van der Waals surface area contributed by atoms with E-state index in [2.05, 4.69) is 9.72 Å². The number of carboxylic acid groups (broad SMARTS) is 1. The first-order valence-electron chi connectivity index (χ1n) is 5.65. The van der Waals surface area contributed by atoms with Crippen LogP contribution < -0.4 is 0 Å². The molecule has 0 aliphatic carbocycles. The summed E-state index contributed by atoms with van der Waals surface area (Å²) in [6, 6.07) is 4.81. The van der Waals surface area contributed by atoms with Crippen LogP contribution in [0.1, 0.15) is 11.3 Å². The van der Waals surface area contributed by atoms with Gasteiger partial charge in [0.2, 0.25) is 0 Å². The van der Waals surface area contributed by atoms with Crippen LogP contribution in [0, 0.1) is 6.92 Å². The zero-order valence-corrected chi connectivity index (χ0v) is 10.3. The summed E-state index contributed by atoms with van der Waals surface area (Å²) in [6.07, 6.45) is -0.0391. The van der Waals surface area contributed by atoms with Crippen molar-refractivity contribution in [3.05, 3.63) is 29.5 Å². The molecular formula is C13H13NO5. The third-order valence-electron chi connectivity index (χ3n) is 2.78. The van der Waals surface area contributed by atoms with Crippen LogP contribution in [-0.4, -0.2) is 33.7 Å². The summed E-state index contributed by atoms with van der Waals surface area (Å²) in [7, 11) is 0. The lowest BCUT2D eigenvalue weighted by Crippen LogP contribution is -2.14. The molecule has 2 rings (SSSR count). The smallest absolute Gasteiger partial charge is 0.341 e. The monoisotopic (exact) mass is 263 g/mol. The molecule has 1 aromatic heterocycles. The molecule has 0 radical (unpaired) electrons. The van der Waals surface area contributed by atoms with Crippen LogP contribution in [0.4, 0.5) is 0 Å². The van der Waals surface area contributed by atoms with E-state index >= 15 is 0 Å². The van der Waals surface area contributed by atoms with Gasteiger partial charge in [0.25, 0.3) is 0 Å². The molecule has 2 aromatic rings. The molecule has 0 aliphatic rings. The van der Waals surface area contributed by atoms with Gasteiger partial charge in [0, 0.05) is 16.6 Å². The van der Waals surface area contributed by atoms with Crippen LogP contribution in [0.2, 0.25) is 0 Å². The Kier molecular flexibility index (Phi) is 3.41. The van der Waals surface area contributed by atoms with E-state index < -0.39 is 18.5 Å². The molecule has 19 heavy (non-hydrogen) atoms. The van der Waals surface area contributed by atoms with E-state index in [1.165, 1.54) is 0 Å². The van der Waals surface area contributed by atoms with Gasteiger partial charge in [0.1, 0.15) is 5.75 Å². The highest BCUT2D eigenvalue weighted by molar-refractivity contribution is 5.90. The number of rotatable bonds is 4. The molecule has 0 saturated carbocycles. The lowest BCUT2D eigenvalue weighted by Gasteiger charge is -2.02. The highest BCUT2D eigenvalue weighted by Gasteiger charge is 2.14. The van der Waals surface area contributed by atoms with Crippen molar-refractivity contribution in [3.8, 4) is 5.75 Å². The zero-order valence-electron chi connectivity index (χ0n) is 10.3. The van der Waals surface area contributed by atoms with Gasteiger partial charge in [-0.25, -0.2) is 4.79 Å². The fraction of sp³-hybridized carbons (Fsp3) is 0.231. The van der Waals surface area contributed by atoms with E-state index in [1.54, 1.807) is 25.1 Å². The summed E-state index contributed by atoms with van der Waals surface area (Å²) in [5.41, 5.74) is 2.28. The van der Waals surface area contributed by atoms with Gasteiger partial charge in [-0.15, -0.1) is 0 Å². The van der Waals surface area contributed by atoms with Crippen molar-refractivity contribution >= 4 is 22.8 Å². The van der Waals surface area contributed by atoms with E-state index in [9.17, 15) is 14.7 Å². The standard InChI is InChI=1S/C13H13NO5/c1-7-9(5-13(18)19-6-12(16)17)10-4-8(15)2-3-11(10)14-7/h2-4,14-15H,5-6H2,1H3,(H,16,17). The number of phenolic OH excluding ortho intramolecular Hbond substituents is 1. The predicted molar refractivity (Wildman–Crippen MR) is 67.0 cm³/mol. The number of ether oxygens (including phenoxy) is 1. The average molecular weight is 263 g/mol. The first kappa shape index (κ1) is 12.9. The normalized spacial score (nSPS) is 10.6. The highest BCUT2D eigenvalue weighted by atomic mass is 16.5. The average Bonchev–Trinajstić information content (AvgIpc) is 2.63. The van der Waals surface area contributed by atoms with E-state index in [4.69, 9.17) is 5.11 Å². The molecule has 0 spiro atoms. The Morgan fingerprint density at radius 2 is 2.11 bits per heavy atom. The Hall–Kier alpha value is -2.50. The van der Waals surface area contributed by atoms with E-state index in [0.29, 0.717) is 5.56 Å². The maximum absolute atomic E-state index is 11.5. The summed E-state index contributed by atoms with van der Waals surface area (Å²) < 4.78 is 4.60. The first-order valence-corrected chi connectivity index (χ1v) is 5.65. The summed E-state index contributed by atoms with van der Waals surface area (Å²) >= 11 is 0. The maximum atomic E-state index is 11.5. The molecule has 0 aliphatic heterocycles. The number of hydrogen-bond acceptors (Lipinski definition) is 4. The second-order valence-corrected chi connectivity index (χ2v) is 4.19. The van der Waals surface area contributed by atoms with Gasteiger partial charge in [-0.2, -0.15) is 0 Å². The first-order chi connectivity index (χ1) is 8.97. The number of aromatic amines is 1. The Morgan fingerprint density at radius 1 is 1.37 bits per heavy atom. The number of esters is 1. The third kappa shape index (κ3) is 2.85. The van der Waals surface area contributed by atoms with Gasteiger partial charge >= 0.3 is 11.9 Å². The number of aryl methyl sites for hydroxylation is 1. The quantitative estimate of drug-likeness (QED) is 0.723. The Bertz CT molecular complexity index is 644. The van der Waals surface area contributed by atoms with Crippen LogP contribution in [0.25, 0.3) is 10.9 Å². The number of fused-ring (bicyclic) bond motifs is 1. The molecule has 0 saturated heterocycles. The number of carboxylic acids is 1. The minimum atomic E-state index is -1.19. The molecule has 0 fully saturated rings. The molecule has 0 unspecified atom stereocenters. The van der Waals surface area contributed by atoms with Gasteiger partial charge < -0.3 is 19.9 Å². The molecule has 0 atom stereocenters. The van der Waals surface area contributed by atoms with Crippen LogP contribution >= 0.6 is 0 Å². The number of aromatic hydroxyl groups is 1. The molecule has 1 heterocycles. The van der Waals surface area contributed by atoms with Gasteiger partial charge in [-0.3, -0.25) is 4.79 Å². The van der Waals surface area contributed by atoms with Crippen molar-refractivity contribution in [2.45, 2.75) is 13.3 Å². The number of benzene rings is 1. The van der Waals surface area contributed by atoms with Crippen LogP contribution in [0.3, 0.4) is 0 Å². The van der Waals surface area contributed by atoms with Crippen molar-refractivity contribution in [2.24, 2.45) is 0 Å². The Balaban J connectivity index is 2.24. The lowest BCUT2D eigenvalue weighted by molar-refractivity contribution is -0.154. The fourth-order valence-electron chi connectivity index (χ4n) is 1.94. The predicted octanol–water partition coefficient (Wildman–Crippen LogP) is 1.35. The van der Waals surface area contributed by atoms with Gasteiger partial charge in [-0.1, -0.05) is 0 Å². The van der Waals surface area contributed by atoms with Crippen molar-refractivity contribution in [1.29, 1.82) is 0 Å². The molecule has 6 heteroatoms. The van der Waals surface area contributed by atoms with Crippen molar-refractivity contribution < 1.29 is 24.5 Å². The second kappa shape index (κ2) is 5.01. The van der Waals surface area contributed by atoms with E-state index in [1.807, 2.05) is 0 Å². The van der Waals surface area contributed by atoms with Crippen LogP contribution in [0.5, 0.6) is 5.75 Å². The maximum Gasteiger partial charge on any atom is 0.341 e. The molecule has 0 bridgehead atoms. The SMILES string of the molecule is Cc1[nH]c2ccc(O)cc2c1CC(=O)OCC(=O)O.